The van der Waals surface area contributed by atoms with E-state index in [1.807, 2.05) is 61.5 Å². The third-order valence-corrected chi connectivity index (χ3v) is 6.37. The average molecular weight is 448 g/mol. The van der Waals surface area contributed by atoms with Crippen LogP contribution in [0.5, 0.6) is 5.75 Å². The zero-order valence-corrected chi connectivity index (χ0v) is 18.2. The molecule has 7 heteroatoms. The first-order valence-electron chi connectivity index (χ1n) is 10.4. The second-order valence-electron chi connectivity index (χ2n) is 8.17. The van der Waals surface area contributed by atoms with E-state index >= 15 is 0 Å². The van der Waals surface area contributed by atoms with Crippen molar-refractivity contribution >= 4 is 29.2 Å². The number of hydrogen-bond donors (Lipinski definition) is 2. The van der Waals surface area contributed by atoms with E-state index in [-0.39, 0.29) is 11.9 Å². The first-order valence-corrected chi connectivity index (χ1v) is 10.8. The highest BCUT2D eigenvalue weighted by atomic mass is 35.5. The maximum absolute atomic E-state index is 13.6. The number of amides is 3. The number of benzene rings is 3. The van der Waals surface area contributed by atoms with Crippen molar-refractivity contribution in [3.05, 3.63) is 95.0 Å². The Morgan fingerprint density at radius 2 is 1.75 bits per heavy atom. The summed E-state index contributed by atoms with van der Waals surface area (Å²) in [5, 5.41) is 6.60. The van der Waals surface area contributed by atoms with Gasteiger partial charge in [-0.3, -0.25) is 9.69 Å². The molecule has 0 radical (unpaired) electrons. The van der Waals surface area contributed by atoms with Crippen molar-refractivity contribution in [2.45, 2.75) is 25.2 Å². The number of ether oxygens (including phenoxy) is 1. The SMILES string of the molecule is CC12Oc3ccccc3C(NC(=O)N1Cc1ccccc1)C2C(=O)Nc1ccc(Cl)cc1. The van der Waals surface area contributed by atoms with Gasteiger partial charge in [-0.15, -0.1) is 0 Å². The number of carbonyl (C=O) groups is 2. The minimum atomic E-state index is -1.19. The average Bonchev–Trinajstić information content (AvgIpc) is 2.78. The Morgan fingerprint density at radius 3 is 2.50 bits per heavy atom. The van der Waals surface area contributed by atoms with Crippen molar-refractivity contribution in [2.24, 2.45) is 5.92 Å². The van der Waals surface area contributed by atoms with Gasteiger partial charge in [-0.2, -0.15) is 0 Å². The minimum absolute atomic E-state index is 0.243. The molecule has 3 aromatic rings. The Morgan fingerprint density at radius 1 is 1.06 bits per heavy atom. The number of halogens is 1. The maximum Gasteiger partial charge on any atom is 0.321 e. The predicted octanol–water partition coefficient (Wildman–Crippen LogP) is 4.97. The van der Waals surface area contributed by atoms with Crippen LogP contribution in [0.3, 0.4) is 0 Å². The van der Waals surface area contributed by atoms with E-state index in [2.05, 4.69) is 10.6 Å². The van der Waals surface area contributed by atoms with Crippen LogP contribution in [0, 0.1) is 5.92 Å². The summed E-state index contributed by atoms with van der Waals surface area (Å²) in [6.45, 7) is 2.12. The number of hydrogen-bond acceptors (Lipinski definition) is 3. The molecule has 2 aliphatic rings. The van der Waals surface area contributed by atoms with Gasteiger partial charge in [-0.25, -0.2) is 4.79 Å². The minimum Gasteiger partial charge on any atom is -0.467 e. The summed E-state index contributed by atoms with van der Waals surface area (Å²) < 4.78 is 6.42. The van der Waals surface area contributed by atoms with Crippen LogP contribution in [-0.4, -0.2) is 22.6 Å². The van der Waals surface area contributed by atoms with Gasteiger partial charge in [-0.1, -0.05) is 60.1 Å². The monoisotopic (exact) mass is 447 g/mol. The van der Waals surface area contributed by atoms with Gasteiger partial charge in [0.25, 0.3) is 0 Å². The predicted molar refractivity (Wildman–Crippen MR) is 122 cm³/mol. The van der Waals surface area contributed by atoms with Gasteiger partial charge in [0.1, 0.15) is 11.7 Å². The molecule has 2 N–H and O–H groups in total. The third-order valence-electron chi connectivity index (χ3n) is 6.12. The lowest BCUT2D eigenvalue weighted by molar-refractivity contribution is -0.155. The highest BCUT2D eigenvalue weighted by Crippen LogP contribution is 2.48. The van der Waals surface area contributed by atoms with Crippen molar-refractivity contribution in [3.63, 3.8) is 0 Å². The Labute approximate surface area is 191 Å². The standard InChI is InChI=1S/C25H22ClN3O3/c1-25-21(23(30)27-18-13-11-17(26)12-14-18)22(19-9-5-6-10-20(19)32-25)28-24(31)29(25)15-16-7-3-2-4-8-16/h2-14,21-22H,15H2,1H3,(H,27,30)(H,28,31). The fourth-order valence-electron chi connectivity index (χ4n) is 4.54. The van der Waals surface area contributed by atoms with Gasteiger partial charge in [0, 0.05) is 16.3 Å². The molecule has 3 amide bonds. The van der Waals surface area contributed by atoms with E-state index in [1.165, 1.54) is 0 Å². The molecule has 0 aliphatic carbocycles. The fraction of sp³-hybridized carbons (Fsp3) is 0.200. The van der Waals surface area contributed by atoms with Crippen molar-refractivity contribution in [1.29, 1.82) is 0 Å². The first kappa shape index (κ1) is 20.4. The zero-order chi connectivity index (χ0) is 22.3. The number of para-hydroxylation sites is 1. The van der Waals surface area contributed by atoms with Crippen LogP contribution in [0.4, 0.5) is 10.5 Å². The Kier molecular flexibility index (Phi) is 5.02. The molecule has 2 aliphatic heterocycles. The van der Waals surface area contributed by atoms with Gasteiger partial charge in [0.15, 0.2) is 5.72 Å². The normalized spacial score (nSPS) is 23.6. The number of urea groups is 1. The number of nitrogens with zero attached hydrogens (tertiary/aromatic N) is 1. The Balaban J connectivity index is 1.55. The van der Waals surface area contributed by atoms with Gasteiger partial charge in [-0.05, 0) is 42.8 Å². The third kappa shape index (κ3) is 3.46. The van der Waals surface area contributed by atoms with Crippen LogP contribution in [0.2, 0.25) is 5.02 Å². The van der Waals surface area contributed by atoms with E-state index in [0.29, 0.717) is 23.0 Å². The number of anilines is 1. The van der Waals surface area contributed by atoms with E-state index in [0.717, 1.165) is 11.1 Å². The molecule has 1 fully saturated rings. The first-order chi connectivity index (χ1) is 15.5. The summed E-state index contributed by atoms with van der Waals surface area (Å²) in [6, 6.07) is 23.3. The Hall–Kier alpha value is -3.51. The lowest BCUT2D eigenvalue weighted by Crippen LogP contribution is -2.71. The van der Waals surface area contributed by atoms with E-state index in [4.69, 9.17) is 16.3 Å². The van der Waals surface area contributed by atoms with Crippen LogP contribution in [0.1, 0.15) is 24.1 Å². The van der Waals surface area contributed by atoms with Crippen LogP contribution in [0.25, 0.3) is 0 Å². The topological polar surface area (TPSA) is 70.7 Å². The molecule has 6 nitrogen and oxygen atoms in total. The molecule has 0 aromatic heterocycles. The number of nitrogens with one attached hydrogen (secondary N) is 2. The smallest absolute Gasteiger partial charge is 0.321 e. The largest absolute Gasteiger partial charge is 0.467 e. The molecule has 0 spiro atoms. The summed E-state index contributed by atoms with van der Waals surface area (Å²) in [6.07, 6.45) is 0. The van der Waals surface area contributed by atoms with Gasteiger partial charge in [0.05, 0.1) is 12.6 Å². The summed E-state index contributed by atoms with van der Waals surface area (Å²) >= 11 is 5.98. The molecule has 32 heavy (non-hydrogen) atoms. The molecule has 0 saturated carbocycles. The lowest BCUT2D eigenvalue weighted by Gasteiger charge is -2.54. The maximum atomic E-state index is 13.6. The van der Waals surface area contributed by atoms with Crippen molar-refractivity contribution in [3.8, 4) is 5.75 Å². The van der Waals surface area contributed by atoms with Crippen molar-refractivity contribution in [1.82, 2.24) is 10.2 Å². The molecular formula is C25H22ClN3O3. The Bertz CT molecular complexity index is 1170. The summed E-state index contributed by atoms with van der Waals surface area (Å²) in [5.74, 6) is -0.268. The molecule has 3 atom stereocenters. The van der Waals surface area contributed by atoms with Crippen LogP contribution in [0.15, 0.2) is 78.9 Å². The molecule has 3 aromatic carbocycles. The number of rotatable bonds is 4. The number of fused-ring (bicyclic) bond motifs is 4. The van der Waals surface area contributed by atoms with Crippen molar-refractivity contribution in [2.75, 3.05) is 5.32 Å². The van der Waals surface area contributed by atoms with Gasteiger partial charge >= 0.3 is 6.03 Å². The second kappa shape index (κ2) is 7.88. The molecule has 2 bridgehead atoms. The summed E-state index contributed by atoms with van der Waals surface area (Å²) in [5.41, 5.74) is 1.17. The van der Waals surface area contributed by atoms with Gasteiger partial charge in [0.2, 0.25) is 5.91 Å². The lowest BCUT2D eigenvalue weighted by atomic mass is 9.78. The van der Waals surface area contributed by atoms with Gasteiger partial charge < -0.3 is 15.4 Å². The highest BCUT2D eigenvalue weighted by molar-refractivity contribution is 6.30. The molecular weight excluding hydrogens is 426 g/mol. The summed E-state index contributed by atoms with van der Waals surface area (Å²) in [4.78, 5) is 28.4. The quantitative estimate of drug-likeness (QED) is 0.593. The molecule has 5 rings (SSSR count). The van der Waals surface area contributed by atoms with E-state index < -0.39 is 17.7 Å². The highest BCUT2D eigenvalue weighted by Gasteiger charge is 2.59. The van der Waals surface area contributed by atoms with Crippen LogP contribution >= 0.6 is 11.6 Å². The fourth-order valence-corrected chi connectivity index (χ4v) is 4.67. The van der Waals surface area contributed by atoms with E-state index in [9.17, 15) is 9.59 Å². The van der Waals surface area contributed by atoms with E-state index in [1.54, 1.807) is 29.2 Å². The summed E-state index contributed by atoms with van der Waals surface area (Å²) in [7, 11) is 0. The number of carbonyl (C=O) groups excluding carboxylic acids is 2. The van der Waals surface area contributed by atoms with Crippen LogP contribution in [-0.2, 0) is 11.3 Å². The van der Waals surface area contributed by atoms with Crippen molar-refractivity contribution < 1.29 is 14.3 Å². The second-order valence-corrected chi connectivity index (χ2v) is 8.60. The molecule has 162 valence electrons. The molecule has 2 heterocycles. The zero-order valence-electron chi connectivity index (χ0n) is 17.4. The molecule has 3 unspecified atom stereocenters. The van der Waals surface area contributed by atoms with Crippen LogP contribution < -0.4 is 15.4 Å². The molecule has 1 saturated heterocycles.